The Hall–Kier alpha value is -4.48. The van der Waals surface area contributed by atoms with Crippen LogP contribution >= 0.6 is 11.8 Å². The van der Waals surface area contributed by atoms with Gasteiger partial charge in [-0.15, -0.1) is 11.8 Å². The lowest BCUT2D eigenvalue weighted by Gasteiger charge is -2.41. The van der Waals surface area contributed by atoms with E-state index in [2.05, 4.69) is 47.1 Å². The van der Waals surface area contributed by atoms with Crippen molar-refractivity contribution < 1.29 is 29.0 Å². The highest BCUT2D eigenvalue weighted by Gasteiger charge is 2.38. The third-order valence-electron chi connectivity index (χ3n) is 9.08. The van der Waals surface area contributed by atoms with E-state index in [0.29, 0.717) is 25.3 Å². The first kappa shape index (κ1) is 38.7. The van der Waals surface area contributed by atoms with Crippen LogP contribution in [0.1, 0.15) is 81.1 Å². The Balaban J connectivity index is 1.27. The summed E-state index contributed by atoms with van der Waals surface area (Å²) in [4.78, 5) is 36.0. The highest BCUT2D eigenvalue weighted by Crippen LogP contribution is 2.43. The van der Waals surface area contributed by atoms with Gasteiger partial charge in [-0.05, 0) is 77.1 Å². The zero-order chi connectivity index (χ0) is 36.9. The van der Waals surface area contributed by atoms with E-state index in [9.17, 15) is 19.5 Å². The number of amides is 3. The predicted molar refractivity (Wildman–Crippen MR) is 205 cm³/mol. The normalized spacial score (nSPS) is 18.4. The van der Waals surface area contributed by atoms with Crippen LogP contribution in [-0.4, -0.2) is 41.2 Å². The first-order valence-electron chi connectivity index (χ1n) is 17.9. The van der Waals surface area contributed by atoms with Crippen molar-refractivity contribution in [2.75, 3.05) is 17.6 Å². The SMILES string of the molecule is CC(=O)NCCCCCC(=O)NCc1cccc(-c2cccc([C@@H]3O[C@H](CSc4ccc(NC(C)=O)cc4)[C@H](C)[C@H](c4ccc(CO)cc4)O3)c2)c1. The van der Waals surface area contributed by atoms with Gasteiger partial charge < -0.3 is 30.5 Å². The molecule has 4 aromatic rings. The van der Waals surface area contributed by atoms with Crippen LogP contribution in [-0.2, 0) is 37.0 Å². The average Bonchev–Trinajstić information content (AvgIpc) is 3.15. The van der Waals surface area contributed by atoms with Crippen LogP contribution in [0.15, 0.2) is 102 Å². The molecule has 274 valence electrons. The molecular formula is C42H49N3O6S. The van der Waals surface area contributed by atoms with Crippen molar-refractivity contribution in [3.05, 3.63) is 119 Å². The van der Waals surface area contributed by atoms with E-state index in [1.165, 1.54) is 13.8 Å². The molecule has 4 N–H and O–H groups in total. The Morgan fingerprint density at radius 3 is 2.19 bits per heavy atom. The summed E-state index contributed by atoms with van der Waals surface area (Å²) in [6, 6.07) is 32.1. The Morgan fingerprint density at radius 1 is 0.750 bits per heavy atom. The molecule has 9 nitrogen and oxygen atoms in total. The van der Waals surface area contributed by atoms with Gasteiger partial charge in [-0.3, -0.25) is 14.4 Å². The molecule has 3 amide bonds. The van der Waals surface area contributed by atoms with Gasteiger partial charge in [0.1, 0.15) is 0 Å². The fourth-order valence-electron chi connectivity index (χ4n) is 6.19. The van der Waals surface area contributed by atoms with Crippen molar-refractivity contribution >= 4 is 35.2 Å². The van der Waals surface area contributed by atoms with Crippen molar-refractivity contribution in [1.29, 1.82) is 0 Å². The molecule has 52 heavy (non-hydrogen) atoms. The molecule has 0 unspecified atom stereocenters. The number of aliphatic hydroxyl groups is 1. The standard InChI is InChI=1S/C42H49N3O6S/c1-28-39(27-52-38-20-18-37(19-21-38)45-30(3)48)50-42(51-41(28)33-16-14-31(26-46)15-17-33)36-12-8-11-35(24-36)34-10-7-9-32(23-34)25-44-40(49)13-5-4-6-22-43-29(2)47/h7-12,14-21,23-24,28,39,41-42,46H,4-6,13,22,25-27H2,1-3H3,(H,43,47)(H,44,49)(H,45,48)/t28-,39+,41+,42+/m0/s1. The maximum atomic E-state index is 12.5. The third kappa shape index (κ3) is 11.5. The maximum absolute atomic E-state index is 12.5. The number of carbonyl (C=O) groups is 3. The van der Waals surface area contributed by atoms with E-state index < -0.39 is 6.29 Å². The van der Waals surface area contributed by atoms with Crippen LogP contribution in [0, 0.1) is 5.92 Å². The quantitative estimate of drug-likeness (QED) is 0.0690. The van der Waals surface area contributed by atoms with Crippen LogP contribution in [0.4, 0.5) is 5.69 Å². The van der Waals surface area contributed by atoms with E-state index in [4.69, 9.17) is 9.47 Å². The summed E-state index contributed by atoms with van der Waals surface area (Å²) in [6.07, 6.45) is 2.02. The number of benzene rings is 4. The minimum Gasteiger partial charge on any atom is -0.392 e. The Labute approximate surface area is 310 Å². The molecule has 5 rings (SSSR count). The summed E-state index contributed by atoms with van der Waals surface area (Å²) in [6.45, 7) is 6.22. The highest BCUT2D eigenvalue weighted by molar-refractivity contribution is 7.99. The summed E-state index contributed by atoms with van der Waals surface area (Å²) >= 11 is 1.71. The molecule has 0 aromatic heterocycles. The van der Waals surface area contributed by atoms with Gasteiger partial charge in [0.25, 0.3) is 0 Å². The molecule has 4 atom stereocenters. The smallest absolute Gasteiger partial charge is 0.221 e. The number of unbranched alkanes of at least 4 members (excludes halogenated alkanes) is 2. The molecule has 1 heterocycles. The first-order chi connectivity index (χ1) is 25.2. The van der Waals surface area contributed by atoms with Gasteiger partial charge >= 0.3 is 0 Å². The third-order valence-corrected chi connectivity index (χ3v) is 10.2. The van der Waals surface area contributed by atoms with Crippen molar-refractivity contribution in [3.8, 4) is 11.1 Å². The number of rotatable bonds is 16. The van der Waals surface area contributed by atoms with Gasteiger partial charge in [0.2, 0.25) is 17.7 Å². The number of hydrogen-bond acceptors (Lipinski definition) is 7. The molecule has 0 saturated carbocycles. The Kier molecular flexibility index (Phi) is 14.4. The summed E-state index contributed by atoms with van der Waals surface area (Å²) in [5.41, 5.74) is 6.61. The molecule has 0 aliphatic carbocycles. The van der Waals surface area contributed by atoms with E-state index in [1.54, 1.807) is 11.8 Å². The first-order valence-corrected chi connectivity index (χ1v) is 18.9. The maximum Gasteiger partial charge on any atom is 0.221 e. The molecule has 1 fully saturated rings. The van der Waals surface area contributed by atoms with Crippen molar-refractivity contribution in [2.45, 2.75) is 83.0 Å². The number of thioether (sulfide) groups is 1. The molecule has 10 heteroatoms. The number of carbonyl (C=O) groups excluding carboxylic acids is 3. The molecule has 1 aliphatic rings. The fourth-order valence-corrected chi connectivity index (χ4v) is 7.26. The summed E-state index contributed by atoms with van der Waals surface area (Å²) in [5, 5.41) is 18.3. The number of ether oxygens (including phenoxy) is 2. The van der Waals surface area contributed by atoms with Gasteiger partial charge in [-0.1, -0.05) is 74.0 Å². The van der Waals surface area contributed by atoms with E-state index in [-0.39, 0.29) is 42.5 Å². The fraction of sp³-hybridized carbons (Fsp3) is 0.357. The summed E-state index contributed by atoms with van der Waals surface area (Å²) in [7, 11) is 0. The minimum absolute atomic E-state index is 0.0167. The van der Waals surface area contributed by atoms with Gasteiger partial charge in [0.05, 0.1) is 18.8 Å². The monoisotopic (exact) mass is 723 g/mol. The second-order valence-electron chi connectivity index (χ2n) is 13.2. The van der Waals surface area contributed by atoms with Crippen molar-refractivity contribution in [2.24, 2.45) is 5.92 Å². The predicted octanol–water partition coefficient (Wildman–Crippen LogP) is 7.70. The summed E-state index contributed by atoms with van der Waals surface area (Å²) in [5.74, 6) is 0.630. The summed E-state index contributed by atoms with van der Waals surface area (Å²) < 4.78 is 13.4. The molecule has 1 saturated heterocycles. The molecular weight excluding hydrogens is 675 g/mol. The Morgan fingerprint density at radius 2 is 1.48 bits per heavy atom. The van der Waals surface area contributed by atoms with Gasteiger partial charge in [0.15, 0.2) is 6.29 Å². The molecule has 0 radical (unpaired) electrons. The second-order valence-corrected chi connectivity index (χ2v) is 14.3. The van der Waals surface area contributed by atoms with Crippen LogP contribution in [0.2, 0.25) is 0 Å². The number of nitrogens with one attached hydrogen (secondary N) is 3. The van der Waals surface area contributed by atoms with Crippen LogP contribution < -0.4 is 16.0 Å². The minimum atomic E-state index is -0.605. The number of hydrogen-bond donors (Lipinski definition) is 4. The number of aliphatic hydroxyl groups excluding tert-OH is 1. The highest BCUT2D eigenvalue weighted by atomic mass is 32.2. The lowest BCUT2D eigenvalue weighted by molar-refractivity contribution is -0.268. The van der Waals surface area contributed by atoms with Crippen LogP contribution in [0.3, 0.4) is 0 Å². The van der Waals surface area contributed by atoms with E-state index in [0.717, 1.165) is 63.2 Å². The van der Waals surface area contributed by atoms with Crippen LogP contribution in [0.5, 0.6) is 0 Å². The van der Waals surface area contributed by atoms with Gasteiger partial charge in [0, 0.05) is 61.2 Å². The average molecular weight is 724 g/mol. The Bertz CT molecular complexity index is 1780. The largest absolute Gasteiger partial charge is 0.392 e. The van der Waals surface area contributed by atoms with Crippen LogP contribution in [0.25, 0.3) is 11.1 Å². The lowest BCUT2D eigenvalue weighted by atomic mass is 9.91. The lowest BCUT2D eigenvalue weighted by Crippen LogP contribution is -2.38. The van der Waals surface area contributed by atoms with E-state index in [1.807, 2.05) is 72.8 Å². The molecule has 4 aromatic carbocycles. The molecule has 0 bridgehead atoms. The molecule has 1 aliphatic heterocycles. The zero-order valence-corrected chi connectivity index (χ0v) is 30.9. The zero-order valence-electron chi connectivity index (χ0n) is 30.1. The molecule has 0 spiro atoms. The second kappa shape index (κ2) is 19.4. The topological polar surface area (TPSA) is 126 Å². The van der Waals surface area contributed by atoms with Gasteiger partial charge in [-0.2, -0.15) is 0 Å². The van der Waals surface area contributed by atoms with Crippen molar-refractivity contribution in [1.82, 2.24) is 10.6 Å². The number of anilines is 1. The van der Waals surface area contributed by atoms with Gasteiger partial charge in [-0.25, -0.2) is 0 Å². The van der Waals surface area contributed by atoms with E-state index >= 15 is 0 Å². The van der Waals surface area contributed by atoms with Crippen molar-refractivity contribution in [3.63, 3.8) is 0 Å².